The third-order valence-electron chi connectivity index (χ3n) is 3.63. The SMILES string of the molecule is Cc1cccc(-n2ccc3cc(C)cc(C)c3c2=O)c1. The summed E-state index contributed by atoms with van der Waals surface area (Å²) in [6.07, 6.45) is 1.86. The Morgan fingerprint density at radius 3 is 2.45 bits per heavy atom. The zero-order valence-corrected chi connectivity index (χ0v) is 12.0. The van der Waals surface area contributed by atoms with E-state index < -0.39 is 0 Å². The summed E-state index contributed by atoms with van der Waals surface area (Å²) in [5, 5.41) is 1.82. The van der Waals surface area contributed by atoms with Crippen LogP contribution in [0, 0.1) is 20.8 Å². The first-order chi connectivity index (χ1) is 9.56. The molecule has 2 nitrogen and oxygen atoms in total. The van der Waals surface area contributed by atoms with Crippen molar-refractivity contribution >= 4 is 10.8 Å². The van der Waals surface area contributed by atoms with Gasteiger partial charge in [0.2, 0.25) is 0 Å². The van der Waals surface area contributed by atoms with Crippen molar-refractivity contribution in [3.8, 4) is 5.69 Å². The fourth-order valence-electron chi connectivity index (χ4n) is 2.75. The molecule has 100 valence electrons. The third-order valence-corrected chi connectivity index (χ3v) is 3.63. The molecule has 0 amide bonds. The number of rotatable bonds is 1. The van der Waals surface area contributed by atoms with Gasteiger partial charge in [-0.15, -0.1) is 0 Å². The lowest BCUT2D eigenvalue weighted by Crippen LogP contribution is -2.18. The molecule has 2 aromatic carbocycles. The van der Waals surface area contributed by atoms with Crippen molar-refractivity contribution in [1.82, 2.24) is 4.57 Å². The lowest BCUT2D eigenvalue weighted by Gasteiger charge is -2.10. The molecule has 1 aromatic heterocycles. The van der Waals surface area contributed by atoms with Crippen LogP contribution in [-0.2, 0) is 0 Å². The first-order valence-corrected chi connectivity index (χ1v) is 6.76. The number of hydrogen-bond acceptors (Lipinski definition) is 1. The van der Waals surface area contributed by atoms with E-state index in [0.717, 1.165) is 27.6 Å². The second-order valence-corrected chi connectivity index (χ2v) is 5.38. The lowest BCUT2D eigenvalue weighted by molar-refractivity contribution is 1.00. The van der Waals surface area contributed by atoms with Crippen molar-refractivity contribution in [3.63, 3.8) is 0 Å². The Hall–Kier alpha value is -2.35. The number of benzene rings is 2. The molecular formula is C18H17NO. The molecule has 3 aromatic rings. The predicted molar refractivity (Wildman–Crippen MR) is 83.8 cm³/mol. The average molecular weight is 263 g/mol. The van der Waals surface area contributed by atoms with Crippen LogP contribution in [0.3, 0.4) is 0 Å². The lowest BCUT2D eigenvalue weighted by atomic mass is 10.0. The molecule has 20 heavy (non-hydrogen) atoms. The van der Waals surface area contributed by atoms with Crippen molar-refractivity contribution in [3.05, 3.63) is 75.7 Å². The fourth-order valence-corrected chi connectivity index (χ4v) is 2.75. The Morgan fingerprint density at radius 2 is 1.70 bits per heavy atom. The Labute approximate surface area is 118 Å². The first kappa shape index (κ1) is 12.7. The van der Waals surface area contributed by atoms with Gasteiger partial charge in [0.05, 0.1) is 5.39 Å². The van der Waals surface area contributed by atoms with E-state index in [1.54, 1.807) is 4.57 Å². The number of fused-ring (bicyclic) bond motifs is 1. The van der Waals surface area contributed by atoms with Gasteiger partial charge in [-0.3, -0.25) is 9.36 Å². The summed E-state index contributed by atoms with van der Waals surface area (Å²) < 4.78 is 1.72. The zero-order chi connectivity index (χ0) is 14.3. The third kappa shape index (κ3) is 2.03. The van der Waals surface area contributed by atoms with Gasteiger partial charge in [-0.2, -0.15) is 0 Å². The van der Waals surface area contributed by atoms with Gasteiger partial charge in [-0.1, -0.05) is 29.8 Å². The molecule has 0 saturated heterocycles. The summed E-state index contributed by atoms with van der Waals surface area (Å²) in [6, 6.07) is 14.1. The minimum Gasteiger partial charge on any atom is -0.284 e. The molecule has 0 aliphatic heterocycles. The van der Waals surface area contributed by atoms with E-state index in [4.69, 9.17) is 0 Å². The van der Waals surface area contributed by atoms with E-state index in [-0.39, 0.29) is 5.56 Å². The van der Waals surface area contributed by atoms with Crippen molar-refractivity contribution in [1.29, 1.82) is 0 Å². The second-order valence-electron chi connectivity index (χ2n) is 5.38. The molecule has 3 rings (SSSR count). The molecule has 2 heteroatoms. The van der Waals surface area contributed by atoms with Crippen molar-refractivity contribution in [2.45, 2.75) is 20.8 Å². The summed E-state index contributed by atoms with van der Waals surface area (Å²) in [5.74, 6) is 0. The molecular weight excluding hydrogens is 246 g/mol. The monoisotopic (exact) mass is 263 g/mol. The summed E-state index contributed by atoms with van der Waals surface area (Å²) >= 11 is 0. The highest BCUT2D eigenvalue weighted by atomic mass is 16.1. The van der Waals surface area contributed by atoms with E-state index in [1.807, 2.05) is 50.4 Å². The normalized spacial score (nSPS) is 10.9. The van der Waals surface area contributed by atoms with Crippen LogP contribution in [0.1, 0.15) is 16.7 Å². The van der Waals surface area contributed by atoms with Crippen molar-refractivity contribution in [2.24, 2.45) is 0 Å². The van der Waals surface area contributed by atoms with Crippen molar-refractivity contribution < 1.29 is 0 Å². The van der Waals surface area contributed by atoms with Gasteiger partial charge in [0.1, 0.15) is 0 Å². The topological polar surface area (TPSA) is 22.0 Å². The van der Waals surface area contributed by atoms with Gasteiger partial charge in [-0.25, -0.2) is 0 Å². The minimum absolute atomic E-state index is 0.0469. The predicted octanol–water partition coefficient (Wildman–Crippen LogP) is 3.92. The summed E-state index contributed by atoms with van der Waals surface area (Å²) in [7, 11) is 0. The van der Waals surface area contributed by atoms with Crippen LogP contribution in [0.5, 0.6) is 0 Å². The van der Waals surface area contributed by atoms with E-state index >= 15 is 0 Å². The second kappa shape index (κ2) is 4.64. The molecule has 0 radical (unpaired) electrons. The maximum Gasteiger partial charge on any atom is 0.263 e. The standard InChI is InChI=1S/C18H17NO/c1-12-5-4-6-16(11-12)19-8-7-15-10-13(2)9-14(3)17(15)18(19)20/h4-11H,1-3H3. The quantitative estimate of drug-likeness (QED) is 0.652. The molecule has 0 aliphatic carbocycles. The van der Waals surface area contributed by atoms with Gasteiger partial charge >= 0.3 is 0 Å². The first-order valence-electron chi connectivity index (χ1n) is 6.76. The summed E-state index contributed by atoms with van der Waals surface area (Å²) in [5.41, 5.74) is 4.33. The molecule has 0 N–H and O–H groups in total. The minimum atomic E-state index is 0.0469. The highest BCUT2D eigenvalue weighted by Crippen LogP contribution is 2.18. The molecule has 0 bridgehead atoms. The molecule has 0 fully saturated rings. The van der Waals surface area contributed by atoms with Crippen LogP contribution in [0.2, 0.25) is 0 Å². The molecule has 0 spiro atoms. The van der Waals surface area contributed by atoms with Crippen molar-refractivity contribution in [2.75, 3.05) is 0 Å². The van der Waals surface area contributed by atoms with Gasteiger partial charge in [0.15, 0.2) is 0 Å². The Bertz CT molecular complexity index is 859. The highest BCUT2D eigenvalue weighted by molar-refractivity contribution is 5.85. The van der Waals surface area contributed by atoms with E-state index in [2.05, 4.69) is 19.1 Å². The number of hydrogen-bond donors (Lipinski definition) is 0. The van der Waals surface area contributed by atoms with Crippen LogP contribution in [0.4, 0.5) is 0 Å². The number of nitrogens with zero attached hydrogens (tertiary/aromatic N) is 1. The van der Waals surface area contributed by atoms with Gasteiger partial charge in [0, 0.05) is 11.9 Å². The maximum absolute atomic E-state index is 12.7. The highest BCUT2D eigenvalue weighted by Gasteiger charge is 2.07. The molecule has 0 unspecified atom stereocenters. The van der Waals surface area contributed by atoms with Crippen LogP contribution in [0.15, 0.2) is 53.5 Å². The molecule has 1 heterocycles. The smallest absolute Gasteiger partial charge is 0.263 e. The van der Waals surface area contributed by atoms with E-state index in [0.29, 0.717) is 0 Å². The fraction of sp³-hybridized carbons (Fsp3) is 0.167. The average Bonchev–Trinajstić information content (AvgIpc) is 2.38. The van der Waals surface area contributed by atoms with E-state index in [9.17, 15) is 4.79 Å². The van der Waals surface area contributed by atoms with Gasteiger partial charge in [0.25, 0.3) is 5.56 Å². The molecule has 0 aliphatic rings. The zero-order valence-electron chi connectivity index (χ0n) is 12.0. The summed E-state index contributed by atoms with van der Waals surface area (Å²) in [6.45, 7) is 6.08. The number of aryl methyl sites for hydroxylation is 3. The number of pyridine rings is 1. The maximum atomic E-state index is 12.7. The van der Waals surface area contributed by atoms with Crippen LogP contribution >= 0.6 is 0 Å². The van der Waals surface area contributed by atoms with Gasteiger partial charge < -0.3 is 0 Å². The van der Waals surface area contributed by atoms with E-state index in [1.165, 1.54) is 5.56 Å². The molecule has 0 saturated carbocycles. The van der Waals surface area contributed by atoms with Crippen LogP contribution < -0.4 is 5.56 Å². The van der Waals surface area contributed by atoms with Crippen LogP contribution in [-0.4, -0.2) is 4.57 Å². The number of aromatic nitrogens is 1. The molecule has 0 atom stereocenters. The summed E-state index contributed by atoms with van der Waals surface area (Å²) in [4.78, 5) is 12.7. The Morgan fingerprint density at radius 1 is 0.900 bits per heavy atom. The Balaban J connectivity index is 2.35. The van der Waals surface area contributed by atoms with Gasteiger partial charge in [-0.05, 0) is 55.5 Å². The van der Waals surface area contributed by atoms with Crippen LogP contribution in [0.25, 0.3) is 16.5 Å². The Kier molecular flexibility index (Phi) is 2.94. The largest absolute Gasteiger partial charge is 0.284 e.